The standard InChI is InChI=1S/C30H50.5C2H6/c1-8-20(2)22-11-10-21-14-18-29(6)23(26(21)22)12-13-25-28(5)17-9-16-27(3,4)24(28)15-19-30(25,29)7;5*1-2/h21-26H,2,8-19H2,1,3-7H3;5*1-2H3/t21?,22-,23?,24?,25?,26?,28-,29+,30+;;;;;/m0...../s1. The van der Waals surface area contributed by atoms with Gasteiger partial charge in [0.15, 0.2) is 0 Å². The summed E-state index contributed by atoms with van der Waals surface area (Å²) in [5.74, 6) is 5.68. The fourth-order valence-electron chi connectivity index (χ4n) is 11.4. The molecule has 5 saturated carbocycles. The lowest BCUT2D eigenvalue weighted by molar-refractivity contribution is -0.228. The van der Waals surface area contributed by atoms with Gasteiger partial charge >= 0.3 is 0 Å². The summed E-state index contributed by atoms with van der Waals surface area (Å²) in [5, 5.41) is 0. The second-order valence-electron chi connectivity index (χ2n) is 14.1. The van der Waals surface area contributed by atoms with Crippen LogP contribution in [0.25, 0.3) is 0 Å². The van der Waals surface area contributed by atoms with Crippen LogP contribution in [0.5, 0.6) is 0 Å². The molecule has 5 fully saturated rings. The minimum absolute atomic E-state index is 0.555. The molecule has 5 aliphatic rings. The number of rotatable bonds is 2. The van der Waals surface area contributed by atoms with Crippen molar-refractivity contribution >= 4 is 0 Å². The Balaban J connectivity index is 0.00000138. The molecule has 5 aliphatic carbocycles. The molecule has 0 heterocycles. The summed E-state index contributed by atoms with van der Waals surface area (Å²) in [5.41, 5.74) is 3.84. The lowest BCUT2D eigenvalue weighted by Crippen LogP contribution is -2.64. The maximum Gasteiger partial charge on any atom is -0.0172 e. The molecular formula is C40H80. The van der Waals surface area contributed by atoms with Crippen molar-refractivity contribution < 1.29 is 0 Å². The Labute approximate surface area is 256 Å². The quantitative estimate of drug-likeness (QED) is 0.295. The summed E-state index contributed by atoms with van der Waals surface area (Å²) in [6.07, 6.45) is 17.6. The van der Waals surface area contributed by atoms with Gasteiger partial charge in [-0.05, 0) is 128 Å². The first kappa shape index (κ1) is 39.7. The highest BCUT2D eigenvalue weighted by atomic mass is 14.7. The van der Waals surface area contributed by atoms with Crippen molar-refractivity contribution in [3.05, 3.63) is 12.2 Å². The van der Waals surface area contributed by atoms with Gasteiger partial charge in [-0.1, -0.05) is 129 Å². The number of allylic oxidation sites excluding steroid dienone is 1. The van der Waals surface area contributed by atoms with Crippen molar-refractivity contribution in [1.82, 2.24) is 0 Å². The van der Waals surface area contributed by atoms with Gasteiger partial charge in [0.05, 0.1) is 0 Å². The number of hydrogen-bond donors (Lipinski definition) is 0. The second kappa shape index (κ2) is 17.1. The Morgan fingerprint density at radius 1 is 0.600 bits per heavy atom. The molecule has 0 nitrogen and oxygen atoms in total. The van der Waals surface area contributed by atoms with Gasteiger partial charge in [0, 0.05) is 0 Å². The van der Waals surface area contributed by atoms with Crippen LogP contribution in [0.1, 0.15) is 188 Å². The predicted molar refractivity (Wildman–Crippen MR) is 186 cm³/mol. The van der Waals surface area contributed by atoms with Crippen molar-refractivity contribution in [2.24, 2.45) is 57.2 Å². The van der Waals surface area contributed by atoms with E-state index in [1.54, 1.807) is 5.57 Å². The van der Waals surface area contributed by atoms with E-state index in [1.165, 1.54) is 77.0 Å². The normalized spacial score (nSPS) is 41.6. The van der Waals surface area contributed by atoms with E-state index < -0.39 is 0 Å². The second-order valence-corrected chi connectivity index (χ2v) is 14.1. The van der Waals surface area contributed by atoms with E-state index in [9.17, 15) is 0 Å². The highest BCUT2D eigenvalue weighted by Gasteiger charge is 2.68. The van der Waals surface area contributed by atoms with Gasteiger partial charge in [-0.2, -0.15) is 0 Å². The molecule has 0 aromatic heterocycles. The Hall–Kier alpha value is -0.260. The van der Waals surface area contributed by atoms with E-state index in [0.717, 1.165) is 35.5 Å². The van der Waals surface area contributed by atoms with E-state index in [0.29, 0.717) is 21.7 Å². The fourth-order valence-corrected chi connectivity index (χ4v) is 11.4. The molecule has 0 aromatic rings. The monoisotopic (exact) mass is 561 g/mol. The number of hydrogen-bond acceptors (Lipinski definition) is 0. The zero-order valence-corrected chi connectivity index (χ0v) is 31.2. The summed E-state index contributed by atoms with van der Waals surface area (Å²) in [4.78, 5) is 0. The summed E-state index contributed by atoms with van der Waals surface area (Å²) in [6.45, 7) is 40.5. The average molecular weight is 561 g/mol. The van der Waals surface area contributed by atoms with Crippen molar-refractivity contribution in [1.29, 1.82) is 0 Å². The molecule has 0 radical (unpaired) electrons. The summed E-state index contributed by atoms with van der Waals surface area (Å²) in [6, 6.07) is 0. The van der Waals surface area contributed by atoms with Crippen LogP contribution < -0.4 is 0 Å². The molecule has 0 spiro atoms. The topological polar surface area (TPSA) is 0 Å². The van der Waals surface area contributed by atoms with Crippen LogP contribution in [0.15, 0.2) is 12.2 Å². The van der Waals surface area contributed by atoms with Gasteiger partial charge < -0.3 is 0 Å². The van der Waals surface area contributed by atoms with Gasteiger partial charge in [0.1, 0.15) is 0 Å². The fraction of sp³-hybridized carbons (Fsp3) is 0.950. The molecule has 240 valence electrons. The molecule has 40 heavy (non-hydrogen) atoms. The first-order valence-corrected chi connectivity index (χ1v) is 18.8. The van der Waals surface area contributed by atoms with E-state index in [2.05, 4.69) is 48.1 Å². The van der Waals surface area contributed by atoms with Crippen molar-refractivity contribution in [2.45, 2.75) is 188 Å². The predicted octanol–water partition coefficient (Wildman–Crippen LogP) is 14.2. The molecule has 0 saturated heterocycles. The molecule has 0 amide bonds. The highest BCUT2D eigenvalue weighted by Crippen LogP contribution is 2.76. The molecule has 0 bridgehead atoms. The Bertz CT molecular complexity index is 701. The van der Waals surface area contributed by atoms with Crippen LogP contribution in [0.3, 0.4) is 0 Å². The maximum atomic E-state index is 4.59. The average Bonchev–Trinajstić information content (AvgIpc) is 3.42. The van der Waals surface area contributed by atoms with Crippen LogP contribution >= 0.6 is 0 Å². The largest absolute Gasteiger partial charge is 0.0996 e. The van der Waals surface area contributed by atoms with Crippen molar-refractivity contribution in [3.8, 4) is 0 Å². The van der Waals surface area contributed by atoms with Gasteiger partial charge in [-0.3, -0.25) is 0 Å². The molecule has 9 atom stereocenters. The highest BCUT2D eigenvalue weighted by molar-refractivity contribution is 5.19. The molecule has 5 unspecified atom stereocenters. The first-order chi connectivity index (χ1) is 19.1. The van der Waals surface area contributed by atoms with Crippen molar-refractivity contribution in [2.75, 3.05) is 0 Å². The molecule has 0 N–H and O–H groups in total. The zero-order valence-electron chi connectivity index (χ0n) is 31.2. The minimum Gasteiger partial charge on any atom is -0.0996 e. The molecular weight excluding hydrogens is 480 g/mol. The van der Waals surface area contributed by atoms with E-state index in [4.69, 9.17) is 0 Å². The van der Waals surface area contributed by atoms with Gasteiger partial charge in [-0.25, -0.2) is 0 Å². The van der Waals surface area contributed by atoms with Gasteiger partial charge in [0.25, 0.3) is 0 Å². The number of fused-ring (bicyclic) bond motifs is 7. The van der Waals surface area contributed by atoms with Crippen LogP contribution in [-0.4, -0.2) is 0 Å². The van der Waals surface area contributed by atoms with Crippen LogP contribution in [0.2, 0.25) is 0 Å². The van der Waals surface area contributed by atoms with Crippen molar-refractivity contribution in [3.63, 3.8) is 0 Å². The SMILES string of the molecule is C=C(CC)[C@@H]1CCC2CC[C@]3(C)C(CCC4[C@@]5(C)CCCC(C)(C)C5CC[C@]43C)C21.CC.CC.CC.CC.CC. The summed E-state index contributed by atoms with van der Waals surface area (Å²) >= 11 is 0. The third kappa shape index (κ3) is 6.77. The first-order valence-electron chi connectivity index (χ1n) is 18.8. The lowest BCUT2D eigenvalue weighted by atomic mass is 9.33. The van der Waals surface area contributed by atoms with Crippen LogP contribution in [0, 0.1) is 57.2 Å². The minimum atomic E-state index is 0.555. The Morgan fingerprint density at radius 2 is 1.15 bits per heavy atom. The van der Waals surface area contributed by atoms with Gasteiger partial charge in [-0.15, -0.1) is 0 Å². The van der Waals surface area contributed by atoms with Gasteiger partial charge in [0.2, 0.25) is 0 Å². The molecule has 0 aromatic carbocycles. The molecule has 5 rings (SSSR count). The maximum absolute atomic E-state index is 4.59. The summed E-state index contributed by atoms with van der Waals surface area (Å²) in [7, 11) is 0. The van der Waals surface area contributed by atoms with Crippen LogP contribution in [-0.2, 0) is 0 Å². The van der Waals surface area contributed by atoms with E-state index in [1.807, 2.05) is 69.2 Å². The Kier molecular flexibility index (Phi) is 17.0. The van der Waals surface area contributed by atoms with E-state index >= 15 is 0 Å². The third-order valence-corrected chi connectivity index (χ3v) is 13.0. The summed E-state index contributed by atoms with van der Waals surface area (Å²) < 4.78 is 0. The third-order valence-electron chi connectivity index (χ3n) is 13.0. The molecule has 0 aliphatic heterocycles. The lowest BCUT2D eigenvalue weighted by Gasteiger charge is -2.72. The smallest absolute Gasteiger partial charge is 0.0172 e. The van der Waals surface area contributed by atoms with Crippen LogP contribution in [0.4, 0.5) is 0 Å². The molecule has 0 heteroatoms. The van der Waals surface area contributed by atoms with E-state index in [-0.39, 0.29) is 0 Å². The zero-order chi connectivity index (χ0) is 31.5. The Morgan fingerprint density at radius 3 is 1.70 bits per heavy atom.